The second kappa shape index (κ2) is 8.90. The topological polar surface area (TPSA) is 38.7 Å². The van der Waals surface area contributed by atoms with Crippen LogP contribution in [0.15, 0.2) is 0 Å². The molecule has 0 aromatic carbocycles. The third-order valence-electron chi connectivity index (χ3n) is 3.31. The third kappa shape index (κ3) is 5.36. The fourth-order valence-corrected chi connectivity index (χ4v) is 2.13. The third-order valence-corrected chi connectivity index (χ3v) is 3.31. The first-order valence-electron chi connectivity index (χ1n) is 7.20. The molecule has 102 valence electrons. The summed E-state index contributed by atoms with van der Waals surface area (Å²) in [6.45, 7) is 5.84. The highest BCUT2D eigenvalue weighted by Gasteiger charge is 2.41. The van der Waals surface area contributed by atoms with Gasteiger partial charge in [-0.1, -0.05) is 39.5 Å². The smallest absolute Gasteiger partial charge is 0.110 e. The normalized spacial score (nSPS) is 28.1. The zero-order chi connectivity index (χ0) is 12.5. The fraction of sp³-hybridized carbons (Fsp3) is 1.00. The van der Waals surface area contributed by atoms with Crippen molar-refractivity contribution in [2.45, 2.75) is 77.1 Å². The van der Waals surface area contributed by atoms with Crippen molar-refractivity contribution in [1.29, 1.82) is 0 Å². The molecule has 0 spiro atoms. The van der Waals surface area contributed by atoms with Crippen molar-refractivity contribution < 1.29 is 14.6 Å². The van der Waals surface area contributed by atoms with Gasteiger partial charge in [0.1, 0.15) is 6.10 Å². The molecule has 3 atom stereocenters. The molecule has 0 aromatic heterocycles. The van der Waals surface area contributed by atoms with Crippen molar-refractivity contribution in [3.63, 3.8) is 0 Å². The monoisotopic (exact) mass is 244 g/mol. The Morgan fingerprint density at radius 1 is 0.941 bits per heavy atom. The molecule has 1 aliphatic rings. The van der Waals surface area contributed by atoms with Gasteiger partial charge in [-0.2, -0.15) is 0 Å². The summed E-state index contributed by atoms with van der Waals surface area (Å²) in [6, 6.07) is 0. The van der Waals surface area contributed by atoms with Gasteiger partial charge in [-0.25, -0.2) is 0 Å². The summed E-state index contributed by atoms with van der Waals surface area (Å²) in [5, 5.41) is 9.57. The first kappa shape index (κ1) is 14.9. The Bertz CT molecular complexity index is 184. The van der Waals surface area contributed by atoms with Gasteiger partial charge in [0.2, 0.25) is 0 Å². The lowest BCUT2D eigenvalue weighted by molar-refractivity contribution is -0.192. The second-order valence-corrected chi connectivity index (χ2v) is 4.96. The highest BCUT2D eigenvalue weighted by molar-refractivity contribution is 4.91. The summed E-state index contributed by atoms with van der Waals surface area (Å²) >= 11 is 0. The SMILES string of the molecule is CCCCCCCOC1CC(O)C1OCCC. The molecule has 0 heterocycles. The highest BCUT2D eigenvalue weighted by atomic mass is 16.6. The Labute approximate surface area is 105 Å². The number of aliphatic hydroxyl groups is 1. The summed E-state index contributed by atoms with van der Waals surface area (Å²) in [5.74, 6) is 0. The van der Waals surface area contributed by atoms with Crippen LogP contribution < -0.4 is 0 Å². The van der Waals surface area contributed by atoms with Crippen LogP contribution in [-0.4, -0.2) is 36.6 Å². The largest absolute Gasteiger partial charge is 0.390 e. The molecule has 0 aliphatic heterocycles. The summed E-state index contributed by atoms with van der Waals surface area (Å²) in [7, 11) is 0. The minimum absolute atomic E-state index is 0.0782. The minimum atomic E-state index is -0.313. The number of aliphatic hydroxyl groups excluding tert-OH is 1. The molecule has 0 radical (unpaired) electrons. The van der Waals surface area contributed by atoms with Crippen molar-refractivity contribution in [3.8, 4) is 0 Å². The zero-order valence-electron chi connectivity index (χ0n) is 11.4. The minimum Gasteiger partial charge on any atom is -0.390 e. The van der Waals surface area contributed by atoms with Gasteiger partial charge in [-0.3, -0.25) is 0 Å². The van der Waals surface area contributed by atoms with Crippen LogP contribution in [0, 0.1) is 0 Å². The van der Waals surface area contributed by atoms with Crippen LogP contribution >= 0.6 is 0 Å². The van der Waals surface area contributed by atoms with Gasteiger partial charge in [-0.05, 0) is 12.8 Å². The molecule has 1 saturated carbocycles. The van der Waals surface area contributed by atoms with Crippen molar-refractivity contribution >= 4 is 0 Å². The van der Waals surface area contributed by atoms with Crippen LogP contribution in [0.4, 0.5) is 0 Å². The summed E-state index contributed by atoms with van der Waals surface area (Å²) in [4.78, 5) is 0. The maximum absolute atomic E-state index is 9.57. The summed E-state index contributed by atoms with van der Waals surface area (Å²) in [5.41, 5.74) is 0. The summed E-state index contributed by atoms with van der Waals surface area (Å²) in [6.07, 6.45) is 7.77. The van der Waals surface area contributed by atoms with Gasteiger partial charge in [0.05, 0.1) is 12.2 Å². The number of hydrogen-bond donors (Lipinski definition) is 1. The van der Waals surface area contributed by atoms with E-state index in [-0.39, 0.29) is 18.3 Å². The summed E-state index contributed by atoms with van der Waals surface area (Å²) < 4.78 is 11.3. The van der Waals surface area contributed by atoms with E-state index >= 15 is 0 Å². The van der Waals surface area contributed by atoms with E-state index in [1.165, 1.54) is 25.7 Å². The van der Waals surface area contributed by atoms with Crippen LogP contribution in [0.1, 0.15) is 58.8 Å². The van der Waals surface area contributed by atoms with Gasteiger partial charge in [-0.15, -0.1) is 0 Å². The second-order valence-electron chi connectivity index (χ2n) is 4.96. The van der Waals surface area contributed by atoms with Crippen LogP contribution in [0.2, 0.25) is 0 Å². The number of rotatable bonds is 10. The maximum atomic E-state index is 9.57. The van der Waals surface area contributed by atoms with Crippen molar-refractivity contribution in [1.82, 2.24) is 0 Å². The quantitative estimate of drug-likeness (QED) is 0.601. The van der Waals surface area contributed by atoms with Crippen molar-refractivity contribution in [3.05, 3.63) is 0 Å². The molecule has 1 rings (SSSR count). The first-order valence-corrected chi connectivity index (χ1v) is 7.20. The van der Waals surface area contributed by atoms with E-state index in [0.717, 1.165) is 32.5 Å². The molecular formula is C14H28O3. The molecule has 0 amide bonds. The van der Waals surface area contributed by atoms with Gasteiger partial charge < -0.3 is 14.6 Å². The van der Waals surface area contributed by atoms with E-state index in [4.69, 9.17) is 9.47 Å². The molecule has 0 aromatic rings. The number of ether oxygens (including phenoxy) is 2. The average Bonchev–Trinajstić information content (AvgIpc) is 2.32. The Balaban J connectivity index is 1.99. The molecule has 17 heavy (non-hydrogen) atoms. The molecule has 3 unspecified atom stereocenters. The highest BCUT2D eigenvalue weighted by Crippen LogP contribution is 2.27. The molecule has 0 bridgehead atoms. The molecule has 3 heteroatoms. The van der Waals surface area contributed by atoms with Gasteiger partial charge in [0.15, 0.2) is 0 Å². The predicted octanol–water partition coefficient (Wildman–Crippen LogP) is 2.90. The van der Waals surface area contributed by atoms with E-state index in [9.17, 15) is 5.11 Å². The number of unbranched alkanes of at least 4 members (excludes halogenated alkanes) is 4. The number of hydrogen-bond acceptors (Lipinski definition) is 3. The van der Waals surface area contributed by atoms with Crippen LogP contribution in [-0.2, 0) is 9.47 Å². The molecule has 3 nitrogen and oxygen atoms in total. The first-order chi connectivity index (χ1) is 8.29. The Morgan fingerprint density at radius 2 is 1.71 bits per heavy atom. The average molecular weight is 244 g/mol. The molecular weight excluding hydrogens is 216 g/mol. The Kier molecular flexibility index (Phi) is 7.82. The van der Waals surface area contributed by atoms with E-state index in [1.807, 2.05) is 0 Å². The molecule has 1 N–H and O–H groups in total. The van der Waals surface area contributed by atoms with E-state index in [2.05, 4.69) is 13.8 Å². The molecule has 1 fully saturated rings. The van der Waals surface area contributed by atoms with Crippen molar-refractivity contribution in [2.24, 2.45) is 0 Å². The van der Waals surface area contributed by atoms with E-state index in [0.29, 0.717) is 0 Å². The Hall–Kier alpha value is -0.120. The maximum Gasteiger partial charge on any atom is 0.110 e. The lowest BCUT2D eigenvalue weighted by atomic mass is 9.88. The van der Waals surface area contributed by atoms with E-state index < -0.39 is 0 Å². The van der Waals surface area contributed by atoms with Crippen molar-refractivity contribution in [2.75, 3.05) is 13.2 Å². The predicted molar refractivity (Wildman–Crippen MR) is 69.2 cm³/mol. The zero-order valence-corrected chi connectivity index (χ0v) is 11.4. The molecule has 1 aliphatic carbocycles. The van der Waals surface area contributed by atoms with Crippen LogP contribution in [0.3, 0.4) is 0 Å². The lowest BCUT2D eigenvalue weighted by Gasteiger charge is -2.40. The lowest BCUT2D eigenvalue weighted by Crippen LogP contribution is -2.53. The van der Waals surface area contributed by atoms with Gasteiger partial charge in [0.25, 0.3) is 0 Å². The van der Waals surface area contributed by atoms with E-state index in [1.54, 1.807) is 0 Å². The standard InChI is InChI=1S/C14H28O3/c1-3-5-6-7-8-10-16-13-11-12(15)14(13)17-9-4-2/h12-15H,3-11H2,1-2H3. The molecule has 0 saturated heterocycles. The van der Waals surface area contributed by atoms with Gasteiger partial charge >= 0.3 is 0 Å². The van der Waals surface area contributed by atoms with Crippen LogP contribution in [0.25, 0.3) is 0 Å². The van der Waals surface area contributed by atoms with Gasteiger partial charge in [0, 0.05) is 19.6 Å². The Morgan fingerprint density at radius 3 is 2.35 bits per heavy atom. The fourth-order valence-electron chi connectivity index (χ4n) is 2.13. The van der Waals surface area contributed by atoms with Crippen LogP contribution in [0.5, 0.6) is 0 Å².